The predicted octanol–water partition coefficient (Wildman–Crippen LogP) is 2.18. The zero-order valence-corrected chi connectivity index (χ0v) is 9.45. The van der Waals surface area contributed by atoms with Gasteiger partial charge in [-0.15, -0.1) is 0 Å². The molecular formula is C11H8ClFN4. The Morgan fingerprint density at radius 2 is 2.29 bits per heavy atom. The van der Waals surface area contributed by atoms with E-state index in [9.17, 15) is 4.39 Å². The molecule has 0 saturated carbocycles. The summed E-state index contributed by atoms with van der Waals surface area (Å²) in [6, 6.07) is 6.40. The number of hydrogen-bond donors (Lipinski definition) is 1. The van der Waals surface area contributed by atoms with Gasteiger partial charge in [0.1, 0.15) is 16.9 Å². The third-order valence-corrected chi connectivity index (χ3v) is 2.57. The molecule has 0 aliphatic heterocycles. The quantitative estimate of drug-likeness (QED) is 0.888. The maximum Gasteiger partial charge on any atom is 0.164 e. The molecule has 0 aliphatic rings. The molecule has 0 aliphatic carbocycles. The van der Waals surface area contributed by atoms with Crippen molar-refractivity contribution in [2.75, 3.05) is 5.73 Å². The second kappa shape index (κ2) is 4.44. The van der Waals surface area contributed by atoms with Gasteiger partial charge in [-0.2, -0.15) is 10.4 Å². The minimum Gasteiger partial charge on any atom is -0.381 e. The Bertz CT molecular complexity index is 581. The van der Waals surface area contributed by atoms with Crippen LogP contribution in [0.5, 0.6) is 0 Å². The lowest BCUT2D eigenvalue weighted by atomic mass is 10.1. The molecule has 1 heterocycles. The number of hydrogen-bond acceptors (Lipinski definition) is 3. The van der Waals surface area contributed by atoms with E-state index < -0.39 is 5.82 Å². The van der Waals surface area contributed by atoms with Crippen LogP contribution < -0.4 is 5.73 Å². The molecule has 0 unspecified atom stereocenters. The van der Waals surface area contributed by atoms with Crippen LogP contribution in [0.1, 0.15) is 11.1 Å². The zero-order chi connectivity index (χ0) is 12.4. The van der Waals surface area contributed by atoms with Crippen LogP contribution >= 0.6 is 11.6 Å². The number of benzene rings is 1. The van der Waals surface area contributed by atoms with Gasteiger partial charge in [0, 0.05) is 11.8 Å². The van der Waals surface area contributed by atoms with Crippen LogP contribution in [0.4, 0.5) is 10.2 Å². The van der Waals surface area contributed by atoms with Crippen molar-refractivity contribution in [2.45, 2.75) is 6.54 Å². The van der Waals surface area contributed by atoms with Crippen LogP contribution in [0.3, 0.4) is 0 Å². The first-order valence-electron chi connectivity index (χ1n) is 4.77. The highest BCUT2D eigenvalue weighted by molar-refractivity contribution is 6.32. The molecule has 0 amide bonds. The molecular weight excluding hydrogens is 243 g/mol. The molecule has 1 aromatic heterocycles. The van der Waals surface area contributed by atoms with E-state index in [4.69, 9.17) is 22.6 Å². The number of nitriles is 1. The molecule has 0 fully saturated rings. The van der Waals surface area contributed by atoms with Gasteiger partial charge >= 0.3 is 0 Å². The Hall–Kier alpha value is -2.06. The molecule has 6 heteroatoms. The Morgan fingerprint density at radius 3 is 2.88 bits per heavy atom. The van der Waals surface area contributed by atoms with E-state index in [2.05, 4.69) is 5.10 Å². The molecule has 1 aromatic carbocycles. The van der Waals surface area contributed by atoms with E-state index in [-0.39, 0.29) is 17.9 Å². The average molecular weight is 251 g/mol. The van der Waals surface area contributed by atoms with Crippen molar-refractivity contribution in [1.82, 2.24) is 9.78 Å². The summed E-state index contributed by atoms with van der Waals surface area (Å²) in [5, 5.41) is 12.9. The summed E-state index contributed by atoms with van der Waals surface area (Å²) in [6.45, 7) is 0.179. The number of anilines is 1. The lowest BCUT2D eigenvalue weighted by Gasteiger charge is -2.04. The highest BCUT2D eigenvalue weighted by Crippen LogP contribution is 2.18. The summed E-state index contributed by atoms with van der Waals surface area (Å²) >= 11 is 5.74. The molecule has 0 radical (unpaired) electrons. The lowest BCUT2D eigenvalue weighted by molar-refractivity contribution is 0.583. The molecule has 0 saturated heterocycles. The Morgan fingerprint density at radius 1 is 1.53 bits per heavy atom. The molecule has 0 spiro atoms. The fourth-order valence-electron chi connectivity index (χ4n) is 1.46. The summed E-state index contributed by atoms with van der Waals surface area (Å²) < 4.78 is 15.2. The maximum absolute atomic E-state index is 13.7. The van der Waals surface area contributed by atoms with E-state index in [1.165, 1.54) is 16.9 Å². The van der Waals surface area contributed by atoms with E-state index in [0.717, 1.165) is 0 Å². The number of aromatic nitrogens is 2. The SMILES string of the molecule is N#Cc1cccc(Cn2cc(Cl)c(N)n2)c1F. The predicted molar refractivity (Wildman–Crippen MR) is 61.9 cm³/mol. The van der Waals surface area contributed by atoms with E-state index in [1.54, 1.807) is 18.2 Å². The summed E-state index contributed by atoms with van der Waals surface area (Å²) in [7, 11) is 0. The summed E-state index contributed by atoms with van der Waals surface area (Å²) in [5.74, 6) is -0.344. The molecule has 2 N–H and O–H groups in total. The Balaban J connectivity index is 2.34. The van der Waals surface area contributed by atoms with Gasteiger partial charge in [-0.3, -0.25) is 4.68 Å². The highest BCUT2D eigenvalue weighted by Gasteiger charge is 2.09. The second-order valence-electron chi connectivity index (χ2n) is 3.45. The molecule has 0 atom stereocenters. The number of nitrogens with zero attached hydrogens (tertiary/aromatic N) is 3. The average Bonchev–Trinajstić information content (AvgIpc) is 2.61. The van der Waals surface area contributed by atoms with Gasteiger partial charge in [0.15, 0.2) is 5.82 Å². The third kappa shape index (κ3) is 2.22. The van der Waals surface area contributed by atoms with Crippen molar-refractivity contribution in [3.05, 3.63) is 46.4 Å². The number of nitrogen functional groups attached to an aromatic ring is 1. The fraction of sp³-hybridized carbons (Fsp3) is 0.0909. The van der Waals surface area contributed by atoms with Crippen LogP contribution in [-0.4, -0.2) is 9.78 Å². The van der Waals surface area contributed by atoms with Gasteiger partial charge in [-0.05, 0) is 6.07 Å². The monoisotopic (exact) mass is 250 g/mol. The fourth-order valence-corrected chi connectivity index (χ4v) is 1.61. The summed E-state index contributed by atoms with van der Waals surface area (Å²) in [6.07, 6.45) is 1.51. The van der Waals surface area contributed by atoms with E-state index in [1.807, 2.05) is 0 Å². The van der Waals surface area contributed by atoms with Crippen LogP contribution in [0.25, 0.3) is 0 Å². The van der Waals surface area contributed by atoms with E-state index in [0.29, 0.717) is 10.6 Å². The van der Waals surface area contributed by atoms with Crippen molar-refractivity contribution in [3.63, 3.8) is 0 Å². The molecule has 2 rings (SSSR count). The van der Waals surface area contributed by atoms with Crippen LogP contribution in [-0.2, 0) is 6.54 Å². The zero-order valence-electron chi connectivity index (χ0n) is 8.69. The molecule has 0 bridgehead atoms. The van der Waals surface area contributed by atoms with Crippen molar-refractivity contribution >= 4 is 17.4 Å². The standard InChI is InChI=1S/C11H8ClFN4/c12-9-6-17(16-11(9)15)5-8-3-1-2-7(4-14)10(8)13/h1-3,6H,5H2,(H2,15,16). The third-order valence-electron chi connectivity index (χ3n) is 2.27. The smallest absolute Gasteiger partial charge is 0.164 e. The van der Waals surface area contributed by atoms with Crippen molar-refractivity contribution in [3.8, 4) is 6.07 Å². The topological polar surface area (TPSA) is 67.6 Å². The van der Waals surface area contributed by atoms with Gasteiger partial charge in [0.05, 0.1) is 12.1 Å². The minimum absolute atomic E-state index is 0.00808. The Kier molecular flexibility index (Phi) is 2.98. The van der Waals surface area contributed by atoms with Gasteiger partial charge in [-0.1, -0.05) is 23.7 Å². The van der Waals surface area contributed by atoms with E-state index >= 15 is 0 Å². The van der Waals surface area contributed by atoms with Crippen LogP contribution in [0, 0.1) is 17.1 Å². The van der Waals surface area contributed by atoms with Crippen LogP contribution in [0.2, 0.25) is 5.02 Å². The van der Waals surface area contributed by atoms with Crippen molar-refractivity contribution < 1.29 is 4.39 Å². The molecule has 2 aromatic rings. The van der Waals surface area contributed by atoms with Crippen molar-refractivity contribution in [1.29, 1.82) is 5.26 Å². The first-order valence-corrected chi connectivity index (χ1v) is 5.15. The van der Waals surface area contributed by atoms with Gasteiger partial charge in [-0.25, -0.2) is 4.39 Å². The number of rotatable bonds is 2. The maximum atomic E-state index is 13.7. The number of nitrogens with two attached hydrogens (primary N) is 1. The van der Waals surface area contributed by atoms with Crippen LogP contribution in [0.15, 0.2) is 24.4 Å². The first kappa shape index (κ1) is 11.4. The largest absolute Gasteiger partial charge is 0.381 e. The second-order valence-corrected chi connectivity index (χ2v) is 3.86. The van der Waals surface area contributed by atoms with Gasteiger partial charge in [0.2, 0.25) is 0 Å². The molecule has 4 nitrogen and oxygen atoms in total. The lowest BCUT2D eigenvalue weighted by Crippen LogP contribution is -2.04. The number of halogens is 2. The summed E-state index contributed by atoms with van der Waals surface area (Å²) in [5.41, 5.74) is 5.85. The minimum atomic E-state index is -0.541. The first-order chi connectivity index (χ1) is 8.11. The highest BCUT2D eigenvalue weighted by atomic mass is 35.5. The molecule has 86 valence electrons. The summed E-state index contributed by atoms with van der Waals surface area (Å²) in [4.78, 5) is 0. The van der Waals surface area contributed by atoms with Crippen molar-refractivity contribution in [2.24, 2.45) is 0 Å². The normalized spacial score (nSPS) is 10.2. The van der Waals surface area contributed by atoms with Gasteiger partial charge < -0.3 is 5.73 Å². The van der Waals surface area contributed by atoms with Gasteiger partial charge in [0.25, 0.3) is 0 Å². The molecule has 17 heavy (non-hydrogen) atoms. The Labute approximate surface area is 102 Å².